The predicted octanol–water partition coefficient (Wildman–Crippen LogP) is 5.67. The van der Waals surface area contributed by atoms with Crippen LogP contribution in [0.25, 0.3) is 11.1 Å². The number of anilines is 2. The summed E-state index contributed by atoms with van der Waals surface area (Å²) in [4.78, 5) is 31.1. The summed E-state index contributed by atoms with van der Waals surface area (Å²) >= 11 is 0. The van der Waals surface area contributed by atoms with Gasteiger partial charge in [-0.1, -0.05) is 36.4 Å². The molecule has 1 amide bonds. The molecule has 0 aliphatic carbocycles. The van der Waals surface area contributed by atoms with E-state index in [1.54, 1.807) is 37.4 Å². The first kappa shape index (κ1) is 25.4. The van der Waals surface area contributed by atoms with E-state index in [0.717, 1.165) is 31.0 Å². The molecule has 0 spiro atoms. The average molecular weight is 498 g/mol. The van der Waals surface area contributed by atoms with Crippen LogP contribution in [-0.2, 0) is 4.74 Å². The molecule has 4 rings (SSSR count). The molecule has 2 heterocycles. The summed E-state index contributed by atoms with van der Waals surface area (Å²) in [5.74, 6) is -1.42. The number of alkyl halides is 3. The molecule has 3 aromatic rings. The first-order valence-electron chi connectivity index (χ1n) is 11.5. The van der Waals surface area contributed by atoms with Gasteiger partial charge in [0, 0.05) is 24.2 Å². The van der Waals surface area contributed by atoms with Gasteiger partial charge in [0.25, 0.3) is 11.7 Å². The van der Waals surface area contributed by atoms with Crippen molar-refractivity contribution in [1.29, 1.82) is 0 Å². The topological polar surface area (TPSA) is 71.5 Å². The quantitative estimate of drug-likeness (QED) is 0.460. The molecule has 6 nitrogen and oxygen atoms in total. The van der Waals surface area contributed by atoms with E-state index in [1.807, 2.05) is 19.9 Å². The summed E-state index contributed by atoms with van der Waals surface area (Å²) in [6, 6.07) is 14.0. The highest BCUT2D eigenvalue weighted by atomic mass is 19.4. The smallest absolute Gasteiger partial charge is 0.372 e. The molecule has 1 aromatic heterocycles. The van der Waals surface area contributed by atoms with Crippen molar-refractivity contribution >= 4 is 23.2 Å². The Morgan fingerprint density at radius 1 is 1.00 bits per heavy atom. The minimum atomic E-state index is -4.93. The number of amides is 1. The highest BCUT2D eigenvalue weighted by Gasteiger charge is 2.39. The van der Waals surface area contributed by atoms with Crippen molar-refractivity contribution in [3.63, 3.8) is 0 Å². The number of halogens is 3. The molecule has 0 radical (unpaired) electrons. The maximum Gasteiger partial charge on any atom is 0.454 e. The summed E-state index contributed by atoms with van der Waals surface area (Å²) in [7, 11) is 0. The lowest BCUT2D eigenvalue weighted by Gasteiger charge is -2.36. The normalized spacial score (nSPS) is 18.1. The lowest BCUT2D eigenvalue weighted by atomic mass is 9.95. The van der Waals surface area contributed by atoms with Crippen LogP contribution in [0.2, 0.25) is 0 Å². The molecule has 2 aromatic carbocycles. The van der Waals surface area contributed by atoms with Crippen LogP contribution < -0.4 is 10.2 Å². The molecule has 9 heteroatoms. The summed E-state index contributed by atoms with van der Waals surface area (Å²) < 4.78 is 43.8. The van der Waals surface area contributed by atoms with Crippen molar-refractivity contribution in [2.75, 3.05) is 23.3 Å². The van der Waals surface area contributed by atoms with Crippen LogP contribution in [0.1, 0.15) is 40.1 Å². The van der Waals surface area contributed by atoms with E-state index in [9.17, 15) is 22.8 Å². The number of hydrogen-bond acceptors (Lipinski definition) is 5. The molecule has 2 atom stereocenters. The number of rotatable bonds is 5. The second-order valence-electron chi connectivity index (χ2n) is 8.90. The third-order valence-electron chi connectivity index (χ3n) is 6.04. The number of nitrogens with zero attached hydrogens (tertiary/aromatic N) is 2. The van der Waals surface area contributed by atoms with Gasteiger partial charge in [-0.25, -0.2) is 4.98 Å². The maximum absolute atomic E-state index is 13.0. The summed E-state index contributed by atoms with van der Waals surface area (Å²) in [6.07, 6.45) is -3.12. The number of ether oxygens (including phenoxy) is 1. The van der Waals surface area contributed by atoms with Crippen LogP contribution in [0.3, 0.4) is 0 Å². The van der Waals surface area contributed by atoms with Gasteiger partial charge in [0.2, 0.25) is 0 Å². The van der Waals surface area contributed by atoms with Gasteiger partial charge in [-0.3, -0.25) is 9.59 Å². The Bertz CT molecular complexity index is 1250. The lowest BCUT2D eigenvalue weighted by molar-refractivity contribution is -0.0885. The fourth-order valence-corrected chi connectivity index (χ4v) is 4.37. The third-order valence-corrected chi connectivity index (χ3v) is 6.04. The largest absolute Gasteiger partial charge is 0.454 e. The van der Waals surface area contributed by atoms with Gasteiger partial charge in [0.1, 0.15) is 5.82 Å². The number of pyridine rings is 1. The number of hydrogen-bond donors (Lipinski definition) is 1. The van der Waals surface area contributed by atoms with Crippen LogP contribution in [0.15, 0.2) is 60.8 Å². The van der Waals surface area contributed by atoms with E-state index in [-0.39, 0.29) is 18.1 Å². The molecule has 36 heavy (non-hydrogen) atoms. The predicted molar refractivity (Wildman–Crippen MR) is 131 cm³/mol. The van der Waals surface area contributed by atoms with E-state index in [2.05, 4.69) is 15.2 Å². The molecule has 1 fully saturated rings. The number of morpholine rings is 1. The number of aromatic nitrogens is 1. The fourth-order valence-electron chi connectivity index (χ4n) is 4.37. The van der Waals surface area contributed by atoms with Crippen LogP contribution >= 0.6 is 0 Å². The van der Waals surface area contributed by atoms with Crippen LogP contribution in [0.5, 0.6) is 0 Å². The number of nitrogens with one attached hydrogen (secondary N) is 1. The number of carbonyl (C=O) groups is 2. The second kappa shape index (κ2) is 10.1. The zero-order chi connectivity index (χ0) is 26.0. The highest BCUT2D eigenvalue weighted by Crippen LogP contribution is 2.29. The minimum absolute atomic E-state index is 0.103. The monoisotopic (exact) mass is 497 g/mol. The molecule has 2 unspecified atom stereocenters. The van der Waals surface area contributed by atoms with E-state index >= 15 is 0 Å². The fraction of sp³-hybridized carbons (Fsp3) is 0.296. The van der Waals surface area contributed by atoms with E-state index < -0.39 is 17.5 Å². The third kappa shape index (κ3) is 5.57. The second-order valence-corrected chi connectivity index (χ2v) is 8.90. The van der Waals surface area contributed by atoms with Crippen molar-refractivity contribution in [2.24, 2.45) is 0 Å². The SMILES string of the molecule is Cc1c(C(=O)Nc2ccc(N3CC(C)OC(C)C3)nc2)cccc1-c1ccc(C(=O)C(F)(F)F)cc1. The van der Waals surface area contributed by atoms with Crippen molar-refractivity contribution in [2.45, 2.75) is 39.2 Å². The van der Waals surface area contributed by atoms with Gasteiger partial charge in [0.05, 0.1) is 24.1 Å². The Kier molecular flexibility index (Phi) is 7.12. The number of ketones is 1. The van der Waals surface area contributed by atoms with Crippen molar-refractivity contribution in [3.05, 3.63) is 77.5 Å². The van der Waals surface area contributed by atoms with Crippen molar-refractivity contribution in [1.82, 2.24) is 4.98 Å². The molecule has 0 bridgehead atoms. The van der Waals surface area contributed by atoms with Gasteiger partial charge < -0.3 is 15.0 Å². The van der Waals surface area contributed by atoms with Crippen molar-refractivity contribution < 1.29 is 27.5 Å². The van der Waals surface area contributed by atoms with Crippen LogP contribution in [0, 0.1) is 6.92 Å². The lowest BCUT2D eigenvalue weighted by Crippen LogP contribution is -2.45. The molecule has 0 saturated carbocycles. The Labute approximate surface area is 207 Å². The van der Waals surface area contributed by atoms with Crippen LogP contribution in [-0.4, -0.2) is 48.1 Å². The first-order valence-corrected chi connectivity index (χ1v) is 11.5. The van der Waals surface area contributed by atoms with Gasteiger partial charge in [0.15, 0.2) is 0 Å². The molecule has 1 saturated heterocycles. The Balaban J connectivity index is 1.49. The highest BCUT2D eigenvalue weighted by molar-refractivity contribution is 6.06. The molecule has 1 aliphatic rings. The first-order chi connectivity index (χ1) is 17.0. The number of Topliss-reactive ketones (excluding diaryl/α,β-unsaturated/α-hetero) is 1. The minimum Gasteiger partial charge on any atom is -0.372 e. The van der Waals surface area contributed by atoms with Gasteiger partial charge in [-0.2, -0.15) is 13.2 Å². The molecule has 1 N–H and O–H groups in total. The molecular formula is C27H26F3N3O3. The summed E-state index contributed by atoms with van der Waals surface area (Å²) in [5.41, 5.74) is 2.46. The molecule has 1 aliphatic heterocycles. The zero-order valence-electron chi connectivity index (χ0n) is 20.1. The number of carbonyl (C=O) groups excluding carboxylic acids is 2. The van der Waals surface area contributed by atoms with Gasteiger partial charge in [-0.15, -0.1) is 0 Å². The summed E-state index contributed by atoms with van der Waals surface area (Å²) in [5, 5.41) is 2.85. The summed E-state index contributed by atoms with van der Waals surface area (Å²) in [6.45, 7) is 7.27. The Morgan fingerprint density at radius 2 is 1.67 bits per heavy atom. The standard InChI is InChI=1S/C27H26F3N3O3/c1-16-14-33(15-17(2)36-16)24-12-11-21(13-31-24)32-26(35)23-6-4-5-22(18(23)3)19-7-9-20(10-8-19)25(34)27(28,29)30/h4-13,16-17H,14-15H2,1-3H3,(H,32,35). The van der Waals surface area contributed by atoms with E-state index in [1.165, 1.54) is 12.1 Å². The molecular weight excluding hydrogens is 471 g/mol. The maximum atomic E-state index is 13.0. The van der Waals surface area contributed by atoms with Gasteiger partial charge in [-0.05, 0) is 55.7 Å². The number of benzene rings is 2. The van der Waals surface area contributed by atoms with E-state index in [4.69, 9.17) is 4.74 Å². The van der Waals surface area contributed by atoms with E-state index in [0.29, 0.717) is 27.9 Å². The Hall–Kier alpha value is -3.72. The average Bonchev–Trinajstić information content (AvgIpc) is 2.83. The van der Waals surface area contributed by atoms with Crippen LogP contribution in [0.4, 0.5) is 24.7 Å². The zero-order valence-corrected chi connectivity index (χ0v) is 20.1. The Morgan fingerprint density at radius 3 is 2.25 bits per heavy atom. The van der Waals surface area contributed by atoms with Gasteiger partial charge >= 0.3 is 6.18 Å². The molecule has 188 valence electrons. The van der Waals surface area contributed by atoms with Crippen molar-refractivity contribution in [3.8, 4) is 11.1 Å².